The summed E-state index contributed by atoms with van der Waals surface area (Å²) in [7, 11) is 0. The van der Waals surface area contributed by atoms with Crippen molar-refractivity contribution in [1.82, 2.24) is 20.5 Å². The molecule has 0 radical (unpaired) electrons. The Morgan fingerprint density at radius 2 is 1.83 bits per heavy atom. The number of primary amides is 1. The number of nitrogens with one attached hydrogen (secondary N) is 2. The van der Waals surface area contributed by atoms with Crippen LogP contribution in [-0.4, -0.2) is 73.6 Å². The minimum Gasteiger partial charge on any atom is -0.365 e. The third-order valence-corrected chi connectivity index (χ3v) is 6.27. The molecule has 0 saturated carbocycles. The molecule has 4 rings (SSSR count). The van der Waals surface area contributed by atoms with Gasteiger partial charge in [-0.05, 0) is 49.9 Å². The zero-order chi connectivity index (χ0) is 18.9. The number of piperazine rings is 1. The van der Waals surface area contributed by atoms with Gasteiger partial charge in [-0.3, -0.25) is 9.59 Å². The highest BCUT2D eigenvalue weighted by molar-refractivity contribution is 5.97. The van der Waals surface area contributed by atoms with Crippen molar-refractivity contribution in [2.75, 3.05) is 50.7 Å². The molecule has 29 heavy (non-hydrogen) atoms. The van der Waals surface area contributed by atoms with E-state index in [9.17, 15) is 9.59 Å². The standard InChI is InChI=1S/C19H28N6O2.2ClH/c20-16(26)14-2-1-5-22-17(14)24-8-10-25(11-9-24)18(27)15-12-19(13-23-15)3-6-21-7-4-19;;/h1-2,5,15,21,23H,3-4,6-13H2,(H2,20,26);2*1H. The first-order valence-corrected chi connectivity index (χ1v) is 9.81. The Morgan fingerprint density at radius 3 is 2.48 bits per heavy atom. The predicted octanol–water partition coefficient (Wildman–Crippen LogP) is 0.404. The van der Waals surface area contributed by atoms with Gasteiger partial charge in [0.15, 0.2) is 0 Å². The van der Waals surface area contributed by atoms with Crippen LogP contribution in [0.2, 0.25) is 0 Å². The molecule has 1 spiro atoms. The van der Waals surface area contributed by atoms with Crippen LogP contribution in [0, 0.1) is 5.41 Å². The molecule has 10 heteroatoms. The molecule has 0 aromatic carbocycles. The van der Waals surface area contributed by atoms with Gasteiger partial charge in [-0.25, -0.2) is 4.98 Å². The van der Waals surface area contributed by atoms with E-state index in [1.807, 2.05) is 9.80 Å². The van der Waals surface area contributed by atoms with Gasteiger partial charge in [0.05, 0.1) is 11.6 Å². The first-order valence-electron chi connectivity index (χ1n) is 9.81. The maximum absolute atomic E-state index is 13.0. The quantitative estimate of drug-likeness (QED) is 0.623. The molecule has 0 aliphatic carbocycles. The molecule has 0 bridgehead atoms. The van der Waals surface area contributed by atoms with Gasteiger partial charge in [0, 0.05) is 38.9 Å². The summed E-state index contributed by atoms with van der Waals surface area (Å²) >= 11 is 0. The summed E-state index contributed by atoms with van der Waals surface area (Å²) in [6.07, 6.45) is 4.90. The molecule has 4 heterocycles. The Kier molecular flexibility index (Phi) is 8.10. The minimum atomic E-state index is -0.473. The summed E-state index contributed by atoms with van der Waals surface area (Å²) in [5.41, 5.74) is 6.19. The Morgan fingerprint density at radius 1 is 1.14 bits per heavy atom. The van der Waals surface area contributed by atoms with Gasteiger partial charge in [-0.1, -0.05) is 0 Å². The highest BCUT2D eigenvalue weighted by Crippen LogP contribution is 2.37. The van der Waals surface area contributed by atoms with Crippen LogP contribution in [0.1, 0.15) is 29.6 Å². The number of carbonyl (C=O) groups is 2. The highest BCUT2D eigenvalue weighted by atomic mass is 35.5. The minimum absolute atomic E-state index is 0. The summed E-state index contributed by atoms with van der Waals surface area (Å²) < 4.78 is 0. The van der Waals surface area contributed by atoms with E-state index in [1.165, 1.54) is 0 Å². The molecule has 1 aromatic heterocycles. The summed E-state index contributed by atoms with van der Waals surface area (Å²) in [4.78, 5) is 32.9. The Hall–Kier alpha value is -1.61. The van der Waals surface area contributed by atoms with Crippen LogP contribution in [0.15, 0.2) is 18.3 Å². The number of rotatable bonds is 3. The fourth-order valence-corrected chi connectivity index (χ4v) is 4.63. The van der Waals surface area contributed by atoms with Crippen LogP contribution in [0.3, 0.4) is 0 Å². The fourth-order valence-electron chi connectivity index (χ4n) is 4.63. The van der Waals surface area contributed by atoms with Crippen molar-refractivity contribution in [3.63, 3.8) is 0 Å². The third kappa shape index (κ3) is 4.94. The number of halogens is 2. The van der Waals surface area contributed by atoms with Crippen LogP contribution in [-0.2, 0) is 4.79 Å². The topological polar surface area (TPSA) is 104 Å². The van der Waals surface area contributed by atoms with Gasteiger partial charge >= 0.3 is 0 Å². The van der Waals surface area contributed by atoms with E-state index in [2.05, 4.69) is 15.6 Å². The molecule has 3 aliphatic heterocycles. The number of aromatic nitrogens is 1. The number of amides is 2. The first-order chi connectivity index (χ1) is 13.1. The maximum atomic E-state index is 13.0. The lowest BCUT2D eigenvalue weighted by molar-refractivity contribution is -0.133. The predicted molar refractivity (Wildman–Crippen MR) is 117 cm³/mol. The van der Waals surface area contributed by atoms with Crippen molar-refractivity contribution in [2.45, 2.75) is 25.3 Å². The molecule has 3 aliphatic rings. The van der Waals surface area contributed by atoms with E-state index < -0.39 is 5.91 Å². The molecule has 162 valence electrons. The Bertz CT molecular complexity index is 720. The number of hydrogen-bond acceptors (Lipinski definition) is 6. The molecule has 3 saturated heterocycles. The number of anilines is 1. The fraction of sp³-hybridized carbons (Fsp3) is 0.632. The van der Waals surface area contributed by atoms with Crippen molar-refractivity contribution in [3.8, 4) is 0 Å². The van der Waals surface area contributed by atoms with Gasteiger partial charge in [-0.15, -0.1) is 24.8 Å². The largest absolute Gasteiger partial charge is 0.365 e. The van der Waals surface area contributed by atoms with Crippen molar-refractivity contribution in [3.05, 3.63) is 23.9 Å². The second-order valence-corrected chi connectivity index (χ2v) is 7.94. The van der Waals surface area contributed by atoms with Crippen molar-refractivity contribution in [1.29, 1.82) is 0 Å². The van der Waals surface area contributed by atoms with Crippen molar-refractivity contribution >= 4 is 42.4 Å². The van der Waals surface area contributed by atoms with Crippen molar-refractivity contribution in [2.24, 2.45) is 11.1 Å². The van der Waals surface area contributed by atoms with E-state index >= 15 is 0 Å². The molecule has 3 fully saturated rings. The van der Waals surface area contributed by atoms with Crippen LogP contribution in [0.4, 0.5) is 5.82 Å². The SMILES string of the molecule is Cl.Cl.NC(=O)c1cccnc1N1CCN(C(=O)C2CC3(CCNCC3)CN2)CC1. The molecular weight excluding hydrogens is 415 g/mol. The lowest BCUT2D eigenvalue weighted by Gasteiger charge is -2.37. The molecule has 1 aromatic rings. The zero-order valence-corrected chi connectivity index (χ0v) is 18.1. The summed E-state index contributed by atoms with van der Waals surface area (Å²) in [6, 6.07) is 3.35. The molecule has 2 amide bonds. The van der Waals surface area contributed by atoms with E-state index in [1.54, 1.807) is 18.3 Å². The lowest BCUT2D eigenvalue weighted by Crippen LogP contribution is -2.53. The highest BCUT2D eigenvalue weighted by Gasteiger charge is 2.43. The third-order valence-electron chi connectivity index (χ3n) is 6.27. The van der Waals surface area contributed by atoms with Crippen LogP contribution in [0.25, 0.3) is 0 Å². The van der Waals surface area contributed by atoms with Crippen molar-refractivity contribution < 1.29 is 9.59 Å². The number of carbonyl (C=O) groups excluding carboxylic acids is 2. The van der Waals surface area contributed by atoms with Crippen LogP contribution < -0.4 is 21.3 Å². The van der Waals surface area contributed by atoms with Gasteiger partial charge in [0.1, 0.15) is 5.82 Å². The van der Waals surface area contributed by atoms with E-state index in [0.717, 1.165) is 38.9 Å². The Labute approximate surface area is 183 Å². The first kappa shape index (κ1) is 23.7. The average Bonchev–Trinajstić information content (AvgIpc) is 3.11. The number of hydrogen-bond donors (Lipinski definition) is 3. The van der Waals surface area contributed by atoms with Crippen LogP contribution in [0.5, 0.6) is 0 Å². The van der Waals surface area contributed by atoms with Gasteiger partial charge in [0.25, 0.3) is 5.91 Å². The van der Waals surface area contributed by atoms with E-state index in [4.69, 9.17) is 5.73 Å². The zero-order valence-electron chi connectivity index (χ0n) is 16.4. The lowest BCUT2D eigenvalue weighted by atomic mass is 9.77. The summed E-state index contributed by atoms with van der Waals surface area (Å²) in [6.45, 7) is 5.64. The van der Waals surface area contributed by atoms with E-state index in [0.29, 0.717) is 37.6 Å². The second-order valence-electron chi connectivity index (χ2n) is 7.94. The monoisotopic (exact) mass is 444 g/mol. The summed E-state index contributed by atoms with van der Waals surface area (Å²) in [5.74, 6) is 0.352. The van der Waals surface area contributed by atoms with Gasteiger partial charge in [-0.2, -0.15) is 0 Å². The molecule has 1 unspecified atom stereocenters. The van der Waals surface area contributed by atoms with Gasteiger partial charge in [0.2, 0.25) is 5.91 Å². The average molecular weight is 445 g/mol. The summed E-state index contributed by atoms with van der Waals surface area (Å²) in [5, 5.41) is 6.88. The van der Waals surface area contributed by atoms with Gasteiger partial charge < -0.3 is 26.2 Å². The number of piperidine rings is 1. The van der Waals surface area contributed by atoms with E-state index in [-0.39, 0.29) is 42.2 Å². The normalized spacial score (nSPS) is 23.2. The number of nitrogens with zero attached hydrogens (tertiary/aromatic N) is 3. The molecular formula is C19H30Cl2N6O2. The molecule has 4 N–H and O–H groups in total. The second kappa shape index (κ2) is 9.93. The maximum Gasteiger partial charge on any atom is 0.252 e. The molecule has 1 atom stereocenters. The van der Waals surface area contributed by atoms with Crippen LogP contribution >= 0.6 is 24.8 Å². The molecule has 8 nitrogen and oxygen atoms in total. The Balaban J connectivity index is 0.00000150. The number of pyridine rings is 1. The smallest absolute Gasteiger partial charge is 0.252 e. The number of nitrogens with two attached hydrogens (primary N) is 1.